The number of hydrogen-bond acceptors (Lipinski definition) is 3. The minimum atomic E-state index is -0.909. The van der Waals surface area contributed by atoms with Gasteiger partial charge in [0.2, 0.25) is 0 Å². The molecule has 6 heteroatoms. The summed E-state index contributed by atoms with van der Waals surface area (Å²) in [6.07, 6.45) is 0.836. The Morgan fingerprint density at radius 1 is 1.19 bits per heavy atom. The van der Waals surface area contributed by atoms with E-state index >= 15 is 0 Å². The normalized spacial score (nSPS) is 21.8. The fraction of sp³-hybridized carbons (Fsp3) is 0.467. The summed E-state index contributed by atoms with van der Waals surface area (Å²) in [6, 6.07) is 7.28. The molecule has 1 aromatic carbocycles. The Balaban J connectivity index is 1.75. The number of carboxylic acids is 1. The number of aliphatic carboxylic acids is 1. The summed E-state index contributed by atoms with van der Waals surface area (Å²) in [7, 11) is 0. The molecule has 1 fully saturated rings. The van der Waals surface area contributed by atoms with Crippen molar-refractivity contribution < 1.29 is 14.7 Å². The van der Waals surface area contributed by atoms with Crippen molar-refractivity contribution in [1.82, 2.24) is 9.80 Å². The molecule has 1 atom stereocenters. The molecule has 0 bridgehead atoms. The molecular formula is C15H18N2O3S. The first-order valence-corrected chi connectivity index (χ1v) is 8.25. The fourth-order valence-corrected chi connectivity index (χ4v) is 3.92. The van der Waals surface area contributed by atoms with E-state index in [9.17, 15) is 14.7 Å². The maximum Gasteiger partial charge on any atom is 0.327 e. The molecule has 1 N–H and O–H groups in total. The van der Waals surface area contributed by atoms with Gasteiger partial charge in [-0.2, -0.15) is 11.8 Å². The zero-order valence-electron chi connectivity index (χ0n) is 11.7. The van der Waals surface area contributed by atoms with Gasteiger partial charge in [0.1, 0.15) is 6.04 Å². The summed E-state index contributed by atoms with van der Waals surface area (Å²) in [5.74, 6) is 0.374. The van der Waals surface area contributed by atoms with Crippen LogP contribution in [-0.4, -0.2) is 57.5 Å². The Morgan fingerprint density at radius 3 is 2.71 bits per heavy atom. The van der Waals surface area contributed by atoms with E-state index in [1.165, 1.54) is 10.5 Å². The largest absolute Gasteiger partial charge is 0.480 e. The van der Waals surface area contributed by atoms with Gasteiger partial charge in [-0.25, -0.2) is 9.59 Å². The Kier molecular flexibility index (Phi) is 4.05. The number of carboxylic acid groups (broad SMARTS) is 1. The van der Waals surface area contributed by atoms with E-state index in [4.69, 9.17) is 0 Å². The fourth-order valence-electron chi connectivity index (χ4n) is 2.88. The molecule has 1 saturated heterocycles. The Morgan fingerprint density at radius 2 is 1.95 bits per heavy atom. The molecule has 2 aliphatic rings. The first kappa shape index (κ1) is 14.3. The van der Waals surface area contributed by atoms with E-state index in [0.29, 0.717) is 25.4 Å². The highest BCUT2D eigenvalue weighted by atomic mass is 32.2. The van der Waals surface area contributed by atoms with Crippen molar-refractivity contribution in [2.24, 2.45) is 0 Å². The molecule has 2 aliphatic heterocycles. The van der Waals surface area contributed by atoms with Gasteiger partial charge in [0.15, 0.2) is 0 Å². The van der Waals surface area contributed by atoms with E-state index in [1.54, 1.807) is 16.7 Å². The number of benzene rings is 1. The van der Waals surface area contributed by atoms with Crippen molar-refractivity contribution >= 4 is 23.8 Å². The second-order valence-corrected chi connectivity index (χ2v) is 6.50. The van der Waals surface area contributed by atoms with Crippen LogP contribution in [0.2, 0.25) is 0 Å². The lowest BCUT2D eigenvalue weighted by atomic mass is 10.0. The second kappa shape index (κ2) is 5.97. The predicted octanol–water partition coefficient (Wildman–Crippen LogP) is 1.67. The first-order valence-electron chi connectivity index (χ1n) is 7.09. The van der Waals surface area contributed by atoms with Crippen LogP contribution in [0.4, 0.5) is 4.79 Å². The van der Waals surface area contributed by atoms with E-state index in [0.717, 1.165) is 17.7 Å². The number of amides is 2. The van der Waals surface area contributed by atoms with Crippen LogP contribution in [0.5, 0.6) is 0 Å². The molecule has 0 aromatic heterocycles. The van der Waals surface area contributed by atoms with Crippen molar-refractivity contribution in [1.29, 1.82) is 0 Å². The number of nitrogens with zero attached hydrogens (tertiary/aromatic N) is 2. The van der Waals surface area contributed by atoms with E-state index in [-0.39, 0.29) is 6.03 Å². The molecule has 0 saturated carbocycles. The molecule has 0 aliphatic carbocycles. The van der Waals surface area contributed by atoms with Gasteiger partial charge < -0.3 is 14.9 Å². The summed E-state index contributed by atoms with van der Waals surface area (Å²) in [5.41, 5.74) is 2.45. The van der Waals surface area contributed by atoms with Crippen molar-refractivity contribution in [2.75, 3.05) is 24.6 Å². The molecule has 2 heterocycles. The highest BCUT2D eigenvalue weighted by Gasteiger charge is 2.35. The smallest absolute Gasteiger partial charge is 0.327 e. The Labute approximate surface area is 127 Å². The van der Waals surface area contributed by atoms with Crippen LogP contribution in [-0.2, 0) is 17.8 Å². The van der Waals surface area contributed by atoms with Crippen LogP contribution >= 0.6 is 11.8 Å². The molecule has 0 radical (unpaired) electrons. The van der Waals surface area contributed by atoms with Crippen molar-refractivity contribution in [3.8, 4) is 0 Å². The van der Waals surface area contributed by atoms with E-state index in [1.807, 2.05) is 18.2 Å². The topological polar surface area (TPSA) is 60.9 Å². The highest BCUT2D eigenvalue weighted by Crippen LogP contribution is 2.23. The standard InChI is InChI=1S/C15H18N2O3S/c18-14(19)13-10-21-8-7-17(13)15(20)16-6-5-11-3-1-2-4-12(11)9-16/h1-4,13H,5-10H2,(H,18,19). The third kappa shape index (κ3) is 2.85. The number of carbonyl (C=O) groups is 2. The summed E-state index contributed by atoms with van der Waals surface area (Å²) in [6.45, 7) is 1.75. The van der Waals surface area contributed by atoms with Crippen LogP contribution in [0.3, 0.4) is 0 Å². The van der Waals surface area contributed by atoms with Crippen molar-refractivity contribution in [2.45, 2.75) is 19.0 Å². The summed E-state index contributed by atoms with van der Waals surface area (Å²) in [5, 5.41) is 9.29. The SMILES string of the molecule is O=C(O)C1CSCCN1C(=O)N1CCc2ccccc2C1. The van der Waals surface area contributed by atoms with Gasteiger partial charge in [-0.1, -0.05) is 24.3 Å². The summed E-state index contributed by atoms with van der Waals surface area (Å²) in [4.78, 5) is 27.3. The molecule has 0 spiro atoms. The van der Waals surface area contributed by atoms with Gasteiger partial charge in [0.05, 0.1) is 0 Å². The molecule has 21 heavy (non-hydrogen) atoms. The van der Waals surface area contributed by atoms with Crippen molar-refractivity contribution in [3.05, 3.63) is 35.4 Å². The average Bonchev–Trinajstić information content (AvgIpc) is 2.53. The summed E-state index contributed by atoms with van der Waals surface area (Å²) >= 11 is 1.59. The number of rotatable bonds is 1. The molecule has 3 rings (SSSR count). The minimum absolute atomic E-state index is 0.141. The van der Waals surface area contributed by atoms with Crippen LogP contribution in [0, 0.1) is 0 Å². The number of urea groups is 1. The van der Waals surface area contributed by atoms with Gasteiger partial charge in [-0.05, 0) is 17.5 Å². The van der Waals surface area contributed by atoms with Crippen LogP contribution in [0.25, 0.3) is 0 Å². The third-order valence-corrected chi connectivity index (χ3v) is 5.08. The minimum Gasteiger partial charge on any atom is -0.480 e. The van der Waals surface area contributed by atoms with Gasteiger partial charge in [0.25, 0.3) is 0 Å². The van der Waals surface area contributed by atoms with Gasteiger partial charge in [-0.3, -0.25) is 0 Å². The zero-order valence-corrected chi connectivity index (χ0v) is 12.5. The second-order valence-electron chi connectivity index (χ2n) is 5.35. The van der Waals surface area contributed by atoms with E-state index in [2.05, 4.69) is 6.07 Å². The number of thioether (sulfide) groups is 1. The van der Waals surface area contributed by atoms with Gasteiger partial charge >= 0.3 is 12.0 Å². The molecule has 5 nitrogen and oxygen atoms in total. The Bertz CT molecular complexity index is 564. The monoisotopic (exact) mass is 306 g/mol. The number of fused-ring (bicyclic) bond motifs is 1. The quantitative estimate of drug-likeness (QED) is 0.857. The van der Waals surface area contributed by atoms with Gasteiger partial charge in [-0.15, -0.1) is 0 Å². The Hall–Kier alpha value is -1.69. The van der Waals surface area contributed by atoms with E-state index < -0.39 is 12.0 Å². The lowest BCUT2D eigenvalue weighted by Crippen LogP contribution is -2.55. The molecular weight excluding hydrogens is 288 g/mol. The average molecular weight is 306 g/mol. The molecule has 2 amide bonds. The third-order valence-electron chi connectivity index (χ3n) is 4.06. The van der Waals surface area contributed by atoms with Gasteiger partial charge in [0, 0.05) is 31.1 Å². The van der Waals surface area contributed by atoms with Crippen LogP contribution in [0.15, 0.2) is 24.3 Å². The lowest BCUT2D eigenvalue weighted by molar-refractivity contribution is -0.141. The highest BCUT2D eigenvalue weighted by molar-refractivity contribution is 7.99. The lowest BCUT2D eigenvalue weighted by Gasteiger charge is -2.38. The number of hydrogen-bond donors (Lipinski definition) is 1. The molecule has 1 unspecified atom stereocenters. The maximum atomic E-state index is 12.7. The number of carbonyl (C=O) groups excluding carboxylic acids is 1. The van der Waals surface area contributed by atoms with Crippen LogP contribution < -0.4 is 0 Å². The zero-order chi connectivity index (χ0) is 14.8. The van der Waals surface area contributed by atoms with Crippen molar-refractivity contribution in [3.63, 3.8) is 0 Å². The summed E-state index contributed by atoms with van der Waals surface area (Å²) < 4.78 is 0. The first-order chi connectivity index (χ1) is 10.2. The predicted molar refractivity (Wildman–Crippen MR) is 81.4 cm³/mol. The molecule has 1 aromatic rings. The molecule has 112 valence electrons. The van der Waals surface area contributed by atoms with Crippen LogP contribution in [0.1, 0.15) is 11.1 Å². The maximum absolute atomic E-state index is 12.7.